The first kappa shape index (κ1) is 7.71. The molecule has 2 N–H and O–H groups in total. The summed E-state index contributed by atoms with van der Waals surface area (Å²) in [5, 5.41) is 12.4. The van der Waals surface area contributed by atoms with Crippen LogP contribution in [0.4, 0.5) is 0 Å². The van der Waals surface area contributed by atoms with E-state index in [4.69, 9.17) is 5.21 Å². The minimum Gasteiger partial charge on any atom is -0.316 e. The molecule has 1 rings (SSSR count). The van der Waals surface area contributed by atoms with Gasteiger partial charge < -0.3 is 5.21 Å². The van der Waals surface area contributed by atoms with E-state index in [-0.39, 0.29) is 0 Å². The lowest BCUT2D eigenvalue weighted by Gasteiger charge is -1.96. The zero-order valence-corrected chi connectivity index (χ0v) is 7.09. The standard InChI is InChI=1S/C5H8BrN3O/c1-9-4(3-7-10)2-5(6)8-9/h2,7,10H,3H2,1H3. The quantitative estimate of drug-likeness (QED) is 0.699. The molecule has 5 heteroatoms. The van der Waals surface area contributed by atoms with Crippen LogP contribution in [0.3, 0.4) is 0 Å². The van der Waals surface area contributed by atoms with Gasteiger partial charge in [-0.2, -0.15) is 10.6 Å². The first-order valence-electron chi connectivity index (χ1n) is 2.79. The largest absolute Gasteiger partial charge is 0.316 e. The fourth-order valence-electron chi connectivity index (χ4n) is 0.714. The van der Waals surface area contributed by atoms with Crippen LogP contribution in [0.25, 0.3) is 0 Å². The van der Waals surface area contributed by atoms with E-state index in [1.165, 1.54) is 0 Å². The normalized spacial score (nSPS) is 10.3. The molecule has 0 saturated carbocycles. The second-order valence-electron chi connectivity index (χ2n) is 1.92. The van der Waals surface area contributed by atoms with E-state index in [0.29, 0.717) is 6.54 Å². The number of hydrogen-bond acceptors (Lipinski definition) is 3. The van der Waals surface area contributed by atoms with Crippen molar-refractivity contribution in [3.63, 3.8) is 0 Å². The van der Waals surface area contributed by atoms with Gasteiger partial charge in [0.05, 0.1) is 12.2 Å². The Morgan fingerprint density at radius 1 is 1.90 bits per heavy atom. The number of aryl methyl sites for hydroxylation is 1. The summed E-state index contributed by atoms with van der Waals surface area (Å²) < 4.78 is 2.47. The Kier molecular flexibility index (Phi) is 2.42. The van der Waals surface area contributed by atoms with Crippen LogP contribution in [0.5, 0.6) is 0 Å². The lowest BCUT2D eigenvalue weighted by molar-refractivity contribution is 0.158. The summed E-state index contributed by atoms with van der Waals surface area (Å²) in [5.74, 6) is 0. The molecule has 0 aliphatic heterocycles. The van der Waals surface area contributed by atoms with Crippen LogP contribution in [-0.4, -0.2) is 15.0 Å². The first-order valence-corrected chi connectivity index (χ1v) is 3.58. The van der Waals surface area contributed by atoms with E-state index in [1.54, 1.807) is 4.68 Å². The van der Waals surface area contributed by atoms with Gasteiger partial charge in [0, 0.05) is 7.05 Å². The number of hydroxylamine groups is 1. The summed E-state index contributed by atoms with van der Waals surface area (Å²) in [4.78, 5) is 0. The van der Waals surface area contributed by atoms with Gasteiger partial charge in [-0.25, -0.2) is 0 Å². The van der Waals surface area contributed by atoms with E-state index in [2.05, 4.69) is 26.5 Å². The van der Waals surface area contributed by atoms with Crippen molar-refractivity contribution in [2.24, 2.45) is 7.05 Å². The molecule has 0 unspecified atom stereocenters. The van der Waals surface area contributed by atoms with Crippen LogP contribution < -0.4 is 5.48 Å². The molecule has 0 amide bonds. The monoisotopic (exact) mass is 205 g/mol. The second kappa shape index (κ2) is 3.14. The van der Waals surface area contributed by atoms with Crippen LogP contribution in [0.2, 0.25) is 0 Å². The molecule has 10 heavy (non-hydrogen) atoms. The van der Waals surface area contributed by atoms with E-state index in [9.17, 15) is 0 Å². The third-order valence-corrected chi connectivity index (χ3v) is 1.59. The molecule has 0 fully saturated rings. The van der Waals surface area contributed by atoms with Crippen molar-refractivity contribution in [3.05, 3.63) is 16.4 Å². The second-order valence-corrected chi connectivity index (χ2v) is 2.73. The Bertz CT molecular complexity index is 223. The molecule has 1 aromatic rings. The number of rotatable bonds is 2. The molecule has 1 aromatic heterocycles. The third-order valence-electron chi connectivity index (χ3n) is 1.21. The minimum atomic E-state index is 0.412. The molecule has 0 spiro atoms. The summed E-state index contributed by atoms with van der Waals surface area (Å²) in [7, 11) is 1.82. The maximum Gasteiger partial charge on any atom is 0.128 e. The molecule has 4 nitrogen and oxygen atoms in total. The Morgan fingerprint density at radius 3 is 3.00 bits per heavy atom. The number of nitrogens with zero attached hydrogens (tertiary/aromatic N) is 2. The molecular weight excluding hydrogens is 198 g/mol. The van der Waals surface area contributed by atoms with Crippen LogP contribution >= 0.6 is 15.9 Å². The van der Waals surface area contributed by atoms with E-state index in [1.807, 2.05) is 13.1 Å². The number of halogens is 1. The molecule has 0 radical (unpaired) electrons. The molecule has 0 saturated heterocycles. The smallest absolute Gasteiger partial charge is 0.128 e. The third kappa shape index (κ3) is 1.56. The highest BCUT2D eigenvalue weighted by Crippen LogP contribution is 2.08. The highest BCUT2D eigenvalue weighted by atomic mass is 79.9. The molecule has 0 aromatic carbocycles. The highest BCUT2D eigenvalue weighted by molar-refractivity contribution is 9.10. The Morgan fingerprint density at radius 2 is 2.60 bits per heavy atom. The maximum absolute atomic E-state index is 8.35. The average Bonchev–Trinajstić information content (AvgIpc) is 2.13. The Hall–Kier alpha value is -0.390. The van der Waals surface area contributed by atoms with Gasteiger partial charge in [-0.3, -0.25) is 4.68 Å². The molecule has 56 valence electrons. The minimum absolute atomic E-state index is 0.412. The summed E-state index contributed by atoms with van der Waals surface area (Å²) in [6, 6.07) is 1.84. The molecular formula is C5H8BrN3O. The van der Waals surface area contributed by atoms with Crippen molar-refractivity contribution >= 4 is 15.9 Å². The van der Waals surface area contributed by atoms with Crippen molar-refractivity contribution < 1.29 is 5.21 Å². The molecule has 1 heterocycles. The highest BCUT2D eigenvalue weighted by Gasteiger charge is 1.99. The van der Waals surface area contributed by atoms with Crippen LogP contribution in [-0.2, 0) is 13.6 Å². The molecule has 0 bridgehead atoms. The lowest BCUT2D eigenvalue weighted by Crippen LogP contribution is -2.10. The maximum atomic E-state index is 8.35. The lowest BCUT2D eigenvalue weighted by atomic mass is 10.4. The van der Waals surface area contributed by atoms with Crippen LogP contribution in [0.1, 0.15) is 5.69 Å². The fraction of sp³-hybridized carbons (Fsp3) is 0.400. The summed E-state index contributed by atoms with van der Waals surface area (Å²) in [6.45, 7) is 0.412. The summed E-state index contributed by atoms with van der Waals surface area (Å²) >= 11 is 3.21. The van der Waals surface area contributed by atoms with Gasteiger partial charge >= 0.3 is 0 Å². The van der Waals surface area contributed by atoms with Gasteiger partial charge in [-0.1, -0.05) is 0 Å². The topological polar surface area (TPSA) is 50.1 Å². The van der Waals surface area contributed by atoms with Gasteiger partial charge in [0.2, 0.25) is 0 Å². The van der Waals surface area contributed by atoms with Crippen molar-refractivity contribution in [1.82, 2.24) is 15.3 Å². The number of nitrogens with one attached hydrogen (secondary N) is 1. The van der Waals surface area contributed by atoms with Crippen molar-refractivity contribution in [2.75, 3.05) is 0 Å². The van der Waals surface area contributed by atoms with Gasteiger partial charge in [0.1, 0.15) is 4.60 Å². The van der Waals surface area contributed by atoms with Gasteiger partial charge in [0.25, 0.3) is 0 Å². The number of aromatic nitrogens is 2. The Labute approximate surface area is 66.9 Å². The Balaban J connectivity index is 2.81. The van der Waals surface area contributed by atoms with Crippen LogP contribution in [0, 0.1) is 0 Å². The van der Waals surface area contributed by atoms with Gasteiger partial charge in [-0.05, 0) is 22.0 Å². The predicted octanol–water partition coefficient (Wildman–Crippen LogP) is 0.661. The fourth-order valence-corrected chi connectivity index (χ4v) is 1.22. The van der Waals surface area contributed by atoms with Gasteiger partial charge in [-0.15, -0.1) is 0 Å². The van der Waals surface area contributed by atoms with Crippen molar-refractivity contribution in [3.8, 4) is 0 Å². The SMILES string of the molecule is Cn1nc(Br)cc1CNO. The summed E-state index contributed by atoms with van der Waals surface area (Å²) in [5.41, 5.74) is 2.98. The van der Waals surface area contributed by atoms with E-state index >= 15 is 0 Å². The average molecular weight is 206 g/mol. The predicted molar refractivity (Wildman–Crippen MR) is 39.5 cm³/mol. The van der Waals surface area contributed by atoms with Crippen molar-refractivity contribution in [1.29, 1.82) is 0 Å². The zero-order chi connectivity index (χ0) is 7.56. The molecule has 0 aliphatic carbocycles. The zero-order valence-electron chi connectivity index (χ0n) is 5.50. The molecule has 0 atom stereocenters. The van der Waals surface area contributed by atoms with Gasteiger partial charge in [0.15, 0.2) is 0 Å². The summed E-state index contributed by atoms with van der Waals surface area (Å²) in [6.07, 6.45) is 0. The molecule has 0 aliphatic rings. The van der Waals surface area contributed by atoms with E-state index < -0.39 is 0 Å². The van der Waals surface area contributed by atoms with Crippen LogP contribution in [0.15, 0.2) is 10.7 Å². The first-order chi connectivity index (χ1) is 4.74. The number of hydrogen-bond donors (Lipinski definition) is 2. The van der Waals surface area contributed by atoms with E-state index in [0.717, 1.165) is 10.3 Å². The van der Waals surface area contributed by atoms with Crippen molar-refractivity contribution in [2.45, 2.75) is 6.54 Å².